The molecule has 0 saturated carbocycles. The van der Waals surface area contributed by atoms with Crippen LogP contribution in [0.1, 0.15) is 21.6 Å². The first-order chi connectivity index (χ1) is 11.2. The highest BCUT2D eigenvalue weighted by Crippen LogP contribution is 2.20. The van der Waals surface area contributed by atoms with Gasteiger partial charge in [0.2, 0.25) is 0 Å². The van der Waals surface area contributed by atoms with Gasteiger partial charge in [-0.05, 0) is 35.9 Å². The first-order valence-electron chi connectivity index (χ1n) is 7.12. The second-order valence-electron chi connectivity index (χ2n) is 5.02. The average molecular weight is 305 g/mol. The zero-order chi connectivity index (χ0) is 16.2. The summed E-state index contributed by atoms with van der Waals surface area (Å²) in [4.78, 5) is 15.9. The Hall–Kier alpha value is -3.14. The predicted molar refractivity (Wildman–Crippen MR) is 90.6 cm³/mol. The van der Waals surface area contributed by atoms with Crippen LogP contribution in [-0.4, -0.2) is 23.2 Å². The average Bonchev–Trinajstić information content (AvgIpc) is 2.59. The highest BCUT2D eigenvalue weighted by molar-refractivity contribution is 6.03. The van der Waals surface area contributed by atoms with Crippen LogP contribution in [0.2, 0.25) is 0 Å². The van der Waals surface area contributed by atoms with Gasteiger partial charge in [0.15, 0.2) is 0 Å². The Morgan fingerprint density at radius 1 is 1.09 bits per heavy atom. The van der Waals surface area contributed by atoms with Crippen molar-refractivity contribution in [2.24, 2.45) is 0 Å². The number of carbonyl (C=O) groups is 1. The van der Waals surface area contributed by atoms with Crippen LogP contribution in [-0.2, 0) is 0 Å². The first-order valence-corrected chi connectivity index (χ1v) is 7.12. The number of aromatic nitrogens is 1. The Morgan fingerprint density at radius 2 is 1.83 bits per heavy atom. The van der Waals surface area contributed by atoms with Gasteiger partial charge in [0.05, 0.1) is 23.9 Å². The number of pyridine rings is 1. The van der Waals surface area contributed by atoms with Crippen molar-refractivity contribution >= 4 is 29.0 Å². The standard InChI is InChI=1S/C19H15NO3/c1-23-15-10-7-13(8-11-15)6-9-14-12-17(19(21)22)16-4-2-3-5-18(16)20-14/h2-12H,1H3,(H,21,22). The second-order valence-corrected chi connectivity index (χ2v) is 5.02. The molecule has 23 heavy (non-hydrogen) atoms. The minimum Gasteiger partial charge on any atom is -0.497 e. The minimum absolute atomic E-state index is 0.255. The van der Waals surface area contributed by atoms with Crippen LogP contribution in [0.25, 0.3) is 23.1 Å². The van der Waals surface area contributed by atoms with Gasteiger partial charge >= 0.3 is 5.97 Å². The molecule has 1 aromatic heterocycles. The molecule has 4 nitrogen and oxygen atoms in total. The Labute approximate surface area is 133 Å². The Bertz CT molecular complexity index is 883. The maximum absolute atomic E-state index is 11.4. The molecule has 3 rings (SSSR count). The van der Waals surface area contributed by atoms with Crippen LogP contribution in [0.3, 0.4) is 0 Å². The number of nitrogens with zero attached hydrogens (tertiary/aromatic N) is 1. The fourth-order valence-electron chi connectivity index (χ4n) is 2.35. The number of carboxylic acid groups (broad SMARTS) is 1. The number of benzene rings is 2. The SMILES string of the molecule is COc1ccc(C=Cc2cc(C(=O)O)c3ccccc3n2)cc1. The van der Waals surface area contributed by atoms with E-state index >= 15 is 0 Å². The summed E-state index contributed by atoms with van der Waals surface area (Å²) >= 11 is 0. The highest BCUT2D eigenvalue weighted by Gasteiger charge is 2.10. The number of ether oxygens (including phenoxy) is 1. The van der Waals surface area contributed by atoms with Gasteiger partial charge in [-0.2, -0.15) is 0 Å². The van der Waals surface area contributed by atoms with Gasteiger partial charge in [-0.1, -0.05) is 36.4 Å². The van der Waals surface area contributed by atoms with Gasteiger partial charge < -0.3 is 9.84 Å². The van der Waals surface area contributed by atoms with E-state index in [-0.39, 0.29) is 5.56 Å². The van der Waals surface area contributed by atoms with Crippen LogP contribution >= 0.6 is 0 Å². The molecular formula is C19H15NO3. The van der Waals surface area contributed by atoms with Gasteiger partial charge in [0.1, 0.15) is 5.75 Å². The van der Waals surface area contributed by atoms with Crippen molar-refractivity contribution in [2.75, 3.05) is 7.11 Å². The van der Waals surface area contributed by atoms with E-state index in [0.717, 1.165) is 11.3 Å². The third kappa shape index (κ3) is 3.21. The van der Waals surface area contributed by atoms with Crippen molar-refractivity contribution in [3.63, 3.8) is 0 Å². The molecule has 4 heteroatoms. The second kappa shape index (κ2) is 6.32. The molecule has 1 heterocycles. The van der Waals surface area contributed by atoms with E-state index < -0.39 is 5.97 Å². The molecule has 0 aliphatic carbocycles. The minimum atomic E-state index is -0.956. The summed E-state index contributed by atoms with van der Waals surface area (Å²) < 4.78 is 5.12. The molecule has 114 valence electrons. The van der Waals surface area contributed by atoms with E-state index in [0.29, 0.717) is 16.6 Å². The molecule has 0 amide bonds. The summed E-state index contributed by atoms with van der Waals surface area (Å²) in [6.45, 7) is 0. The van der Waals surface area contributed by atoms with E-state index in [1.54, 1.807) is 25.3 Å². The van der Waals surface area contributed by atoms with Crippen LogP contribution in [0.15, 0.2) is 54.6 Å². The van der Waals surface area contributed by atoms with Gasteiger partial charge in [0, 0.05) is 5.39 Å². The lowest BCUT2D eigenvalue weighted by atomic mass is 10.1. The molecule has 0 spiro atoms. The first kappa shape index (κ1) is 14.8. The summed E-state index contributed by atoms with van der Waals surface area (Å²) in [5.41, 5.74) is 2.52. The molecule has 0 radical (unpaired) electrons. The zero-order valence-corrected chi connectivity index (χ0v) is 12.6. The topological polar surface area (TPSA) is 59.4 Å². The number of hydrogen-bond donors (Lipinski definition) is 1. The fourth-order valence-corrected chi connectivity index (χ4v) is 2.35. The largest absolute Gasteiger partial charge is 0.497 e. The van der Waals surface area contributed by atoms with Crippen LogP contribution < -0.4 is 4.74 Å². The monoisotopic (exact) mass is 305 g/mol. The highest BCUT2D eigenvalue weighted by atomic mass is 16.5. The lowest BCUT2D eigenvalue weighted by Gasteiger charge is -2.04. The zero-order valence-electron chi connectivity index (χ0n) is 12.6. The molecule has 0 bridgehead atoms. The molecule has 3 aromatic rings. The molecule has 0 unspecified atom stereocenters. The van der Waals surface area contributed by atoms with Crippen LogP contribution in [0, 0.1) is 0 Å². The maximum Gasteiger partial charge on any atom is 0.336 e. The predicted octanol–water partition coefficient (Wildman–Crippen LogP) is 4.11. The van der Waals surface area contributed by atoms with Gasteiger partial charge in [-0.15, -0.1) is 0 Å². The smallest absolute Gasteiger partial charge is 0.336 e. The van der Waals surface area contributed by atoms with Crippen molar-refractivity contribution in [3.8, 4) is 5.75 Å². The summed E-state index contributed by atoms with van der Waals surface area (Å²) in [6, 6.07) is 16.4. The lowest BCUT2D eigenvalue weighted by molar-refractivity contribution is 0.0699. The van der Waals surface area contributed by atoms with Crippen LogP contribution in [0.4, 0.5) is 0 Å². The van der Waals surface area contributed by atoms with E-state index in [4.69, 9.17) is 4.74 Å². The third-order valence-electron chi connectivity index (χ3n) is 3.53. The Balaban J connectivity index is 1.99. The van der Waals surface area contributed by atoms with Crippen molar-refractivity contribution < 1.29 is 14.6 Å². The van der Waals surface area contributed by atoms with Crippen molar-refractivity contribution in [1.82, 2.24) is 4.98 Å². The summed E-state index contributed by atoms with van der Waals surface area (Å²) in [5.74, 6) is -0.165. The molecule has 0 aliphatic rings. The molecular weight excluding hydrogens is 290 g/mol. The molecule has 0 saturated heterocycles. The Morgan fingerprint density at radius 3 is 2.52 bits per heavy atom. The Kier molecular flexibility index (Phi) is 4.06. The van der Waals surface area contributed by atoms with Gasteiger partial charge in [-0.3, -0.25) is 0 Å². The van der Waals surface area contributed by atoms with E-state index in [2.05, 4.69) is 4.98 Å². The number of carboxylic acids is 1. The van der Waals surface area contributed by atoms with Gasteiger partial charge in [0.25, 0.3) is 0 Å². The van der Waals surface area contributed by atoms with Gasteiger partial charge in [-0.25, -0.2) is 9.78 Å². The summed E-state index contributed by atoms with van der Waals surface area (Å²) in [5, 5.41) is 10.0. The van der Waals surface area contributed by atoms with Crippen molar-refractivity contribution in [3.05, 3.63) is 71.4 Å². The number of aromatic carboxylic acids is 1. The summed E-state index contributed by atoms with van der Waals surface area (Å²) in [6.07, 6.45) is 3.70. The molecule has 0 fully saturated rings. The van der Waals surface area contributed by atoms with Crippen molar-refractivity contribution in [1.29, 1.82) is 0 Å². The fraction of sp³-hybridized carbons (Fsp3) is 0.0526. The number of rotatable bonds is 4. The quantitative estimate of drug-likeness (QED) is 0.788. The molecule has 2 aromatic carbocycles. The molecule has 1 N–H and O–H groups in total. The lowest BCUT2D eigenvalue weighted by Crippen LogP contribution is -2.00. The number of fused-ring (bicyclic) bond motifs is 1. The summed E-state index contributed by atoms with van der Waals surface area (Å²) in [7, 11) is 1.62. The molecule has 0 atom stereocenters. The van der Waals surface area contributed by atoms with Crippen LogP contribution in [0.5, 0.6) is 5.75 Å². The van der Waals surface area contributed by atoms with E-state index in [9.17, 15) is 9.90 Å². The van der Waals surface area contributed by atoms with Crippen molar-refractivity contribution in [2.45, 2.75) is 0 Å². The third-order valence-corrected chi connectivity index (χ3v) is 3.53. The normalized spacial score (nSPS) is 11.0. The number of para-hydroxylation sites is 1. The number of methoxy groups -OCH3 is 1. The van der Waals surface area contributed by atoms with E-state index in [1.165, 1.54) is 0 Å². The molecule has 0 aliphatic heterocycles. The van der Waals surface area contributed by atoms with E-state index in [1.807, 2.05) is 48.5 Å². The number of hydrogen-bond acceptors (Lipinski definition) is 3. The maximum atomic E-state index is 11.4.